The monoisotopic (exact) mass is 510 g/mol. The minimum Gasteiger partial charge on any atom is -0.759 e. The Morgan fingerprint density at radius 1 is 0.833 bits per heavy atom. The third kappa shape index (κ3) is 23.5. The van der Waals surface area contributed by atoms with E-state index in [0.29, 0.717) is 19.8 Å². The van der Waals surface area contributed by atoms with Crippen molar-refractivity contribution in [2.75, 3.05) is 19.8 Å². The molecule has 0 N–H and O–H groups in total. The van der Waals surface area contributed by atoms with Gasteiger partial charge in [0.1, 0.15) is 0 Å². The van der Waals surface area contributed by atoms with E-state index in [1.54, 1.807) is 0 Å². The quantitative estimate of drug-likeness (QED) is 0.120. The second kappa shape index (κ2) is 19.3. The van der Waals surface area contributed by atoms with Crippen LogP contribution in [0, 0.1) is 0 Å². The maximum atomic E-state index is 8.52. The number of ether oxygens (including phenoxy) is 3. The molecule has 0 spiro atoms. The van der Waals surface area contributed by atoms with Crippen LogP contribution in [0.4, 0.5) is 0 Å². The summed E-state index contributed by atoms with van der Waals surface area (Å²) in [7, 11) is -3.82. The molecular weight excluding hydrogens is 478 g/mol. The van der Waals surface area contributed by atoms with Gasteiger partial charge in [-0.1, -0.05) is 31.7 Å². The fourth-order valence-corrected chi connectivity index (χ4v) is 2.62. The number of unbranched alkanes of at least 4 members (excludes halogenated alkanes) is 4. The molecule has 0 atom stereocenters. The Morgan fingerprint density at radius 2 is 1.17 bits per heavy atom. The van der Waals surface area contributed by atoms with Crippen LogP contribution >= 0.6 is 0 Å². The van der Waals surface area contributed by atoms with E-state index in [9.17, 15) is 0 Å². The first-order valence-electron chi connectivity index (χ1n) is 8.33. The van der Waals surface area contributed by atoms with Crippen molar-refractivity contribution in [3.05, 3.63) is 0 Å². The van der Waals surface area contributed by atoms with Gasteiger partial charge in [0, 0.05) is 46.9 Å². The maximum Gasteiger partial charge on any atom is 2.00 e. The normalized spacial score (nSPS) is 11.5. The van der Waals surface area contributed by atoms with Crippen molar-refractivity contribution < 1.29 is 31.7 Å². The molecule has 0 aliphatic rings. The molecule has 0 amide bonds. The second-order valence-corrected chi connectivity index (χ2v) is 6.72. The van der Waals surface area contributed by atoms with Crippen LogP contribution < -0.4 is 0 Å². The molecule has 10 heteroatoms. The summed E-state index contributed by atoms with van der Waals surface area (Å²) in [5, 5.41) is 0. The minimum absolute atomic E-state index is 0. The first kappa shape index (κ1) is 30.3. The molecule has 0 aliphatic carbocycles. The molecule has 0 fully saturated rings. The van der Waals surface area contributed by atoms with Crippen molar-refractivity contribution in [2.24, 2.45) is 0 Å². The Bertz CT molecular complexity index is 330. The third-order valence-corrected chi connectivity index (χ3v) is 3.64. The third-order valence-electron chi connectivity index (χ3n) is 2.93. The van der Waals surface area contributed by atoms with Gasteiger partial charge in [0.05, 0.1) is 0 Å². The molecule has 0 bridgehead atoms. The van der Waals surface area contributed by atoms with Crippen molar-refractivity contribution in [3.63, 3.8) is 0 Å². The van der Waals surface area contributed by atoms with Crippen LogP contribution in [0.25, 0.3) is 0 Å². The molecule has 0 aromatic rings. The topological polar surface area (TPSA) is 108 Å². The Morgan fingerprint density at radius 3 is 1.50 bits per heavy atom. The number of hydrogen-bond donors (Lipinski definition) is 0. The van der Waals surface area contributed by atoms with E-state index in [0.717, 1.165) is 12.8 Å². The molecular formula is C14H32BaO7SSi. The molecule has 0 heterocycles. The minimum atomic E-state index is -5.17. The van der Waals surface area contributed by atoms with Crippen molar-refractivity contribution in [1.82, 2.24) is 0 Å². The largest absolute Gasteiger partial charge is 2.00 e. The molecule has 0 rings (SSSR count). The van der Waals surface area contributed by atoms with Crippen LogP contribution in [0.1, 0.15) is 59.3 Å². The zero-order valence-corrected chi connectivity index (χ0v) is 22.8. The van der Waals surface area contributed by atoms with Gasteiger partial charge in [-0.3, -0.25) is 8.42 Å². The summed E-state index contributed by atoms with van der Waals surface area (Å²) in [6.45, 7) is 7.83. The Labute approximate surface area is 190 Å². The molecule has 24 heavy (non-hydrogen) atoms. The molecule has 7 nitrogen and oxygen atoms in total. The Kier molecular flexibility index (Phi) is 24.3. The van der Waals surface area contributed by atoms with Crippen molar-refractivity contribution in [2.45, 2.75) is 71.3 Å². The SMILES string of the molecule is CCOC(CCCCCCC[SiH3])(OCC)OCC.O=S(=O)([O-])[O-].[Ba+2]. The molecule has 0 unspecified atom stereocenters. The van der Waals surface area contributed by atoms with Gasteiger partial charge in [0.25, 0.3) is 5.97 Å². The summed E-state index contributed by atoms with van der Waals surface area (Å²) < 4.78 is 51.2. The summed E-state index contributed by atoms with van der Waals surface area (Å²) in [6, 6.07) is 1.43. The van der Waals surface area contributed by atoms with Crippen LogP contribution in [-0.2, 0) is 24.6 Å². The van der Waals surface area contributed by atoms with Gasteiger partial charge in [-0.05, 0) is 27.2 Å². The molecule has 0 aromatic carbocycles. The predicted octanol–water partition coefficient (Wildman–Crippen LogP) is 1.16. The first-order chi connectivity index (χ1) is 10.7. The van der Waals surface area contributed by atoms with Crippen LogP contribution in [-0.4, -0.2) is 102 Å². The average molecular weight is 510 g/mol. The Balaban J connectivity index is -0.000000639. The van der Waals surface area contributed by atoms with Crippen LogP contribution in [0.3, 0.4) is 0 Å². The second-order valence-electron chi connectivity index (χ2n) is 4.91. The van der Waals surface area contributed by atoms with Gasteiger partial charge < -0.3 is 23.3 Å². The van der Waals surface area contributed by atoms with E-state index in [1.165, 1.54) is 42.0 Å². The zero-order valence-electron chi connectivity index (χ0n) is 15.5. The van der Waals surface area contributed by atoms with E-state index in [2.05, 4.69) is 0 Å². The molecule has 0 aromatic heterocycles. The summed E-state index contributed by atoms with van der Waals surface area (Å²) >= 11 is 0. The summed E-state index contributed by atoms with van der Waals surface area (Å²) in [5.41, 5.74) is 0. The van der Waals surface area contributed by atoms with Crippen molar-refractivity contribution in [3.8, 4) is 0 Å². The van der Waals surface area contributed by atoms with E-state index in [1.807, 2.05) is 20.8 Å². The zero-order chi connectivity index (χ0) is 18.2. The number of hydrogen-bond acceptors (Lipinski definition) is 7. The summed E-state index contributed by atoms with van der Waals surface area (Å²) in [5.74, 6) is -0.796. The van der Waals surface area contributed by atoms with Gasteiger partial charge >= 0.3 is 48.9 Å². The maximum absolute atomic E-state index is 8.52. The summed E-state index contributed by atoms with van der Waals surface area (Å²) in [6.07, 6.45) is 7.29. The standard InChI is InChI=1S/C14H32O3Si.Ba.H2O4S/c1-4-15-14(16-5-2,17-6-3)12-10-8-7-9-11-13-18;;1-5(2,3)4/h4-13H2,1-3,18H3;;(H2,1,2,3,4)/q;+2;/p-2. The van der Waals surface area contributed by atoms with Crippen molar-refractivity contribution in [1.29, 1.82) is 0 Å². The van der Waals surface area contributed by atoms with E-state index in [-0.39, 0.29) is 48.9 Å². The van der Waals surface area contributed by atoms with E-state index < -0.39 is 16.4 Å². The summed E-state index contributed by atoms with van der Waals surface area (Å²) in [4.78, 5) is 0. The molecule has 0 aliphatic heterocycles. The van der Waals surface area contributed by atoms with Gasteiger partial charge in [-0.25, -0.2) is 0 Å². The fraction of sp³-hybridized carbons (Fsp3) is 1.00. The Hall–Kier alpha value is 1.54. The van der Waals surface area contributed by atoms with E-state index in [4.69, 9.17) is 31.7 Å². The smallest absolute Gasteiger partial charge is 0.759 e. The molecule has 0 radical (unpaired) electrons. The van der Waals surface area contributed by atoms with Gasteiger partial charge in [0.15, 0.2) is 0 Å². The predicted molar refractivity (Wildman–Crippen MR) is 96.3 cm³/mol. The van der Waals surface area contributed by atoms with Gasteiger partial charge in [0.2, 0.25) is 0 Å². The average Bonchev–Trinajstić information content (AvgIpc) is 2.42. The van der Waals surface area contributed by atoms with Crippen LogP contribution in [0.2, 0.25) is 6.04 Å². The molecule has 142 valence electrons. The number of rotatable bonds is 13. The van der Waals surface area contributed by atoms with Gasteiger partial charge in [-0.2, -0.15) is 0 Å². The molecule has 0 saturated carbocycles. The van der Waals surface area contributed by atoms with Gasteiger partial charge in [-0.15, -0.1) is 0 Å². The van der Waals surface area contributed by atoms with Crippen LogP contribution in [0.15, 0.2) is 0 Å². The first-order valence-corrected chi connectivity index (χ1v) is 11.1. The van der Waals surface area contributed by atoms with Crippen LogP contribution in [0.5, 0.6) is 0 Å². The van der Waals surface area contributed by atoms with E-state index >= 15 is 0 Å². The molecule has 0 saturated heterocycles. The fourth-order valence-electron chi connectivity index (χ4n) is 2.12. The van der Waals surface area contributed by atoms with Crippen molar-refractivity contribution >= 4 is 69.5 Å².